The lowest BCUT2D eigenvalue weighted by Crippen LogP contribution is -2.01. The minimum Gasteiger partial charge on any atom is -0.489 e. The summed E-state index contributed by atoms with van der Waals surface area (Å²) in [5, 5.41) is 3.92. The van der Waals surface area contributed by atoms with Crippen LogP contribution in [0, 0.1) is 18.6 Å². The smallest absolute Gasteiger partial charge is 0.134 e. The lowest BCUT2D eigenvalue weighted by molar-refractivity contribution is 0.292. The van der Waals surface area contributed by atoms with Gasteiger partial charge in [-0.05, 0) is 43.3 Å². The fraction of sp³-hybridized carbons (Fsp3) is 0.118. The highest BCUT2D eigenvalue weighted by atomic mass is 19.1. The summed E-state index contributed by atoms with van der Waals surface area (Å²) in [6, 6.07) is 12.6. The highest BCUT2D eigenvalue weighted by Gasteiger charge is 2.09. The van der Waals surface area contributed by atoms with Gasteiger partial charge in [0.15, 0.2) is 0 Å². The van der Waals surface area contributed by atoms with Gasteiger partial charge in [0.2, 0.25) is 0 Å². The Morgan fingerprint density at radius 3 is 2.32 bits per heavy atom. The van der Waals surface area contributed by atoms with Gasteiger partial charge >= 0.3 is 0 Å². The zero-order valence-electron chi connectivity index (χ0n) is 11.8. The maximum atomic E-state index is 13.5. The highest BCUT2D eigenvalue weighted by Crippen LogP contribution is 2.23. The molecule has 0 aliphatic heterocycles. The summed E-state index contributed by atoms with van der Waals surface area (Å²) in [6.07, 6.45) is 0. The summed E-state index contributed by atoms with van der Waals surface area (Å²) in [4.78, 5) is 0. The number of rotatable bonds is 4. The van der Waals surface area contributed by atoms with Crippen molar-refractivity contribution in [2.45, 2.75) is 13.5 Å². The molecular weight excluding hydrogens is 288 g/mol. The van der Waals surface area contributed by atoms with Crippen molar-refractivity contribution in [3.05, 3.63) is 71.5 Å². The van der Waals surface area contributed by atoms with Crippen molar-refractivity contribution in [1.82, 2.24) is 5.16 Å². The molecule has 0 bridgehead atoms. The van der Waals surface area contributed by atoms with Gasteiger partial charge in [-0.1, -0.05) is 11.2 Å². The molecule has 1 aromatic heterocycles. The average Bonchev–Trinajstić information content (AvgIpc) is 2.94. The maximum Gasteiger partial charge on any atom is 0.134 e. The fourth-order valence-electron chi connectivity index (χ4n) is 2.05. The third kappa shape index (κ3) is 2.98. The van der Waals surface area contributed by atoms with E-state index in [1.54, 1.807) is 12.1 Å². The number of hydrogen-bond donors (Lipinski definition) is 0. The molecular formula is C17H13F2NO2. The second kappa shape index (κ2) is 5.97. The number of benzene rings is 2. The van der Waals surface area contributed by atoms with Crippen LogP contribution in [0.3, 0.4) is 0 Å². The molecule has 0 radical (unpaired) electrons. The van der Waals surface area contributed by atoms with E-state index in [1.807, 2.05) is 25.1 Å². The summed E-state index contributed by atoms with van der Waals surface area (Å²) >= 11 is 0. The molecule has 1 heterocycles. The molecule has 3 rings (SSSR count). The second-order valence-corrected chi connectivity index (χ2v) is 4.84. The molecule has 0 aliphatic carbocycles. The summed E-state index contributed by atoms with van der Waals surface area (Å²) in [5.41, 5.74) is 1.52. The van der Waals surface area contributed by atoms with Gasteiger partial charge < -0.3 is 9.26 Å². The van der Waals surface area contributed by atoms with E-state index in [0.29, 0.717) is 5.75 Å². The van der Waals surface area contributed by atoms with Crippen LogP contribution in [0.5, 0.6) is 5.75 Å². The van der Waals surface area contributed by atoms with Crippen molar-refractivity contribution in [1.29, 1.82) is 0 Å². The number of halogens is 2. The van der Waals surface area contributed by atoms with Crippen LogP contribution in [-0.2, 0) is 6.61 Å². The van der Waals surface area contributed by atoms with Crippen LogP contribution in [0.4, 0.5) is 8.78 Å². The van der Waals surface area contributed by atoms with Crippen molar-refractivity contribution < 1.29 is 18.0 Å². The maximum absolute atomic E-state index is 13.5. The first-order valence-electron chi connectivity index (χ1n) is 6.73. The lowest BCUT2D eigenvalue weighted by Gasteiger charge is -2.08. The summed E-state index contributed by atoms with van der Waals surface area (Å²) in [7, 11) is 0. The molecule has 0 aliphatic rings. The molecule has 0 atom stereocenters. The molecule has 0 N–H and O–H groups in total. The van der Waals surface area contributed by atoms with Gasteiger partial charge in [-0.25, -0.2) is 8.78 Å². The van der Waals surface area contributed by atoms with Gasteiger partial charge in [-0.3, -0.25) is 0 Å². The zero-order chi connectivity index (χ0) is 15.5. The van der Waals surface area contributed by atoms with E-state index in [0.717, 1.165) is 17.0 Å². The molecule has 22 heavy (non-hydrogen) atoms. The highest BCUT2D eigenvalue weighted by molar-refractivity contribution is 5.59. The summed E-state index contributed by atoms with van der Waals surface area (Å²) in [5.74, 6) is 0.0151. The Hall–Kier alpha value is -2.69. The number of hydrogen-bond acceptors (Lipinski definition) is 3. The van der Waals surface area contributed by atoms with Crippen LogP contribution < -0.4 is 4.74 Å². The van der Waals surface area contributed by atoms with Crippen molar-refractivity contribution in [2.24, 2.45) is 0 Å². The molecule has 112 valence electrons. The number of ether oxygens (including phenoxy) is 1. The molecule has 0 fully saturated rings. The number of nitrogens with zero attached hydrogens (tertiary/aromatic N) is 1. The van der Waals surface area contributed by atoms with E-state index in [2.05, 4.69) is 5.16 Å². The van der Waals surface area contributed by atoms with Crippen LogP contribution in [0.25, 0.3) is 11.3 Å². The molecule has 0 saturated carbocycles. The van der Waals surface area contributed by atoms with Crippen LogP contribution in [-0.4, -0.2) is 5.16 Å². The lowest BCUT2D eigenvalue weighted by atomic mass is 10.1. The Balaban J connectivity index is 1.71. The van der Waals surface area contributed by atoms with E-state index in [4.69, 9.17) is 9.26 Å². The molecule has 0 saturated heterocycles. The first-order valence-corrected chi connectivity index (χ1v) is 6.73. The molecule has 5 heteroatoms. The van der Waals surface area contributed by atoms with Gasteiger partial charge in [0, 0.05) is 11.6 Å². The van der Waals surface area contributed by atoms with E-state index in [1.165, 1.54) is 18.2 Å². The van der Waals surface area contributed by atoms with E-state index < -0.39 is 11.6 Å². The molecule has 0 amide bonds. The Bertz CT molecular complexity index is 761. The third-order valence-electron chi connectivity index (χ3n) is 3.22. The van der Waals surface area contributed by atoms with E-state index in [9.17, 15) is 8.78 Å². The Morgan fingerprint density at radius 2 is 1.73 bits per heavy atom. The molecule has 0 unspecified atom stereocenters. The third-order valence-corrected chi connectivity index (χ3v) is 3.22. The Kier molecular flexibility index (Phi) is 3.87. The van der Waals surface area contributed by atoms with Crippen LogP contribution in [0.1, 0.15) is 11.3 Å². The van der Waals surface area contributed by atoms with Gasteiger partial charge in [0.05, 0.1) is 5.56 Å². The summed E-state index contributed by atoms with van der Waals surface area (Å²) in [6.45, 7) is 1.65. The topological polar surface area (TPSA) is 35.3 Å². The van der Waals surface area contributed by atoms with Gasteiger partial charge in [0.1, 0.15) is 35.4 Å². The van der Waals surface area contributed by atoms with Gasteiger partial charge in [0.25, 0.3) is 0 Å². The number of aryl methyl sites for hydroxylation is 1. The SMILES string of the molecule is Cc1cc(-c2ccc(OCc3c(F)cccc3F)cc2)no1. The van der Waals surface area contributed by atoms with Crippen molar-refractivity contribution in [3.8, 4) is 17.0 Å². The average molecular weight is 301 g/mol. The normalized spacial score (nSPS) is 10.7. The van der Waals surface area contributed by atoms with Gasteiger partial charge in [-0.2, -0.15) is 0 Å². The largest absolute Gasteiger partial charge is 0.489 e. The van der Waals surface area contributed by atoms with Gasteiger partial charge in [-0.15, -0.1) is 0 Å². The quantitative estimate of drug-likeness (QED) is 0.711. The first-order chi connectivity index (χ1) is 10.6. The molecule has 2 aromatic carbocycles. The summed E-state index contributed by atoms with van der Waals surface area (Å²) < 4.78 is 37.4. The minimum absolute atomic E-state index is 0.0845. The van der Waals surface area contributed by atoms with Crippen LogP contribution in [0.2, 0.25) is 0 Å². The monoisotopic (exact) mass is 301 g/mol. The fourth-order valence-corrected chi connectivity index (χ4v) is 2.05. The standard InChI is InChI=1S/C17H13F2NO2/c1-11-9-17(20-22-11)12-5-7-13(8-6-12)21-10-14-15(18)3-2-4-16(14)19/h2-9H,10H2,1H3. The Labute approximate surface area is 126 Å². The first kappa shape index (κ1) is 14.3. The molecule has 3 nitrogen and oxygen atoms in total. The van der Waals surface area contributed by atoms with Crippen LogP contribution in [0.15, 0.2) is 53.1 Å². The van der Waals surface area contributed by atoms with E-state index in [-0.39, 0.29) is 12.2 Å². The van der Waals surface area contributed by atoms with Crippen molar-refractivity contribution in [2.75, 3.05) is 0 Å². The van der Waals surface area contributed by atoms with Crippen LogP contribution >= 0.6 is 0 Å². The van der Waals surface area contributed by atoms with Crippen molar-refractivity contribution >= 4 is 0 Å². The zero-order valence-corrected chi connectivity index (χ0v) is 11.8. The van der Waals surface area contributed by atoms with E-state index >= 15 is 0 Å². The van der Waals surface area contributed by atoms with Crippen molar-refractivity contribution in [3.63, 3.8) is 0 Å². The predicted octanol–water partition coefficient (Wildman–Crippen LogP) is 4.51. The Morgan fingerprint density at radius 1 is 1.05 bits per heavy atom. The predicted molar refractivity (Wildman–Crippen MR) is 77.4 cm³/mol. The minimum atomic E-state index is -0.616. The second-order valence-electron chi connectivity index (χ2n) is 4.84. The molecule has 3 aromatic rings. The molecule has 0 spiro atoms. The number of aromatic nitrogens is 1.